The Hall–Kier alpha value is -1.45. The van der Waals surface area contributed by atoms with E-state index in [1.807, 2.05) is 0 Å². The summed E-state index contributed by atoms with van der Waals surface area (Å²) in [7, 11) is -3.66. The minimum atomic E-state index is -3.66. The van der Waals surface area contributed by atoms with Gasteiger partial charge in [0.1, 0.15) is 11.9 Å². The Bertz CT molecular complexity index is 607. The van der Waals surface area contributed by atoms with Crippen LogP contribution in [0.2, 0.25) is 0 Å². The summed E-state index contributed by atoms with van der Waals surface area (Å²) in [5.74, 6) is 0.221. The van der Waals surface area contributed by atoms with Crippen LogP contribution in [0.3, 0.4) is 0 Å². The maximum absolute atomic E-state index is 13.1. The lowest BCUT2D eigenvalue weighted by molar-refractivity contribution is 0.573. The van der Waals surface area contributed by atoms with E-state index < -0.39 is 15.8 Å². The number of nitrogens with zero attached hydrogens (tertiary/aromatic N) is 1. The average Bonchev–Trinajstić information content (AvgIpc) is 3.03. The number of hydrogen-bond donors (Lipinski definition) is 1. The number of rotatable bonds is 4. The molecule has 18 heavy (non-hydrogen) atoms. The molecule has 96 valence electrons. The monoisotopic (exact) mass is 268 g/mol. The minimum absolute atomic E-state index is 0.0752. The molecule has 0 aromatic heterocycles. The first-order chi connectivity index (χ1) is 8.44. The molecule has 1 fully saturated rings. The van der Waals surface area contributed by atoms with Crippen LogP contribution in [0, 0.1) is 29.0 Å². The fraction of sp³-hybridized carbons (Fsp3) is 0.417. The van der Waals surface area contributed by atoms with Crippen LogP contribution in [-0.4, -0.2) is 15.0 Å². The van der Waals surface area contributed by atoms with Gasteiger partial charge in [0.25, 0.3) is 0 Å². The molecule has 0 spiro atoms. The number of hydrogen-bond acceptors (Lipinski definition) is 3. The van der Waals surface area contributed by atoms with Crippen molar-refractivity contribution in [2.45, 2.75) is 18.2 Å². The summed E-state index contributed by atoms with van der Waals surface area (Å²) in [5, 5.41) is 8.67. The SMILES string of the molecule is CC1CC1CNS(=O)(=O)c1ccc(F)c(C#N)c1. The van der Waals surface area contributed by atoms with Gasteiger partial charge in [-0.1, -0.05) is 6.92 Å². The van der Waals surface area contributed by atoms with Crippen LogP contribution in [0.1, 0.15) is 18.9 Å². The lowest BCUT2D eigenvalue weighted by atomic mass is 10.2. The Morgan fingerprint density at radius 3 is 2.78 bits per heavy atom. The first-order valence-electron chi connectivity index (χ1n) is 5.63. The van der Waals surface area contributed by atoms with Crippen molar-refractivity contribution < 1.29 is 12.8 Å². The van der Waals surface area contributed by atoms with Gasteiger partial charge in [0.05, 0.1) is 10.5 Å². The molecule has 2 atom stereocenters. The smallest absolute Gasteiger partial charge is 0.211 e. The van der Waals surface area contributed by atoms with Gasteiger partial charge in [0.15, 0.2) is 0 Å². The molecule has 0 heterocycles. The fourth-order valence-corrected chi connectivity index (χ4v) is 2.86. The zero-order valence-electron chi connectivity index (χ0n) is 9.85. The summed E-state index contributed by atoms with van der Waals surface area (Å²) < 4.78 is 39.4. The van der Waals surface area contributed by atoms with Gasteiger partial charge in [-0.3, -0.25) is 0 Å². The van der Waals surface area contributed by atoms with Gasteiger partial charge >= 0.3 is 0 Å². The molecule has 1 N–H and O–H groups in total. The molecule has 4 nitrogen and oxygen atoms in total. The van der Waals surface area contributed by atoms with E-state index >= 15 is 0 Å². The first kappa shape index (κ1) is 13.0. The zero-order chi connectivity index (χ0) is 13.3. The van der Waals surface area contributed by atoms with Gasteiger partial charge in [-0.05, 0) is 36.5 Å². The topological polar surface area (TPSA) is 70.0 Å². The molecule has 0 aliphatic heterocycles. The molecule has 1 aliphatic rings. The van der Waals surface area contributed by atoms with Crippen molar-refractivity contribution in [2.75, 3.05) is 6.54 Å². The van der Waals surface area contributed by atoms with E-state index in [9.17, 15) is 12.8 Å². The molecule has 0 radical (unpaired) electrons. The number of halogens is 1. The van der Waals surface area contributed by atoms with Gasteiger partial charge in [0.2, 0.25) is 10.0 Å². The van der Waals surface area contributed by atoms with Crippen molar-refractivity contribution in [3.8, 4) is 6.07 Å². The molecule has 2 rings (SSSR count). The Balaban J connectivity index is 2.16. The van der Waals surface area contributed by atoms with Crippen LogP contribution in [0.15, 0.2) is 23.1 Å². The highest BCUT2D eigenvalue weighted by molar-refractivity contribution is 7.89. The highest BCUT2D eigenvalue weighted by Gasteiger charge is 2.33. The largest absolute Gasteiger partial charge is 0.240 e. The van der Waals surface area contributed by atoms with E-state index in [1.165, 1.54) is 0 Å². The minimum Gasteiger partial charge on any atom is -0.211 e. The Morgan fingerprint density at radius 2 is 2.22 bits per heavy atom. The standard InChI is InChI=1S/C12H13FN2O2S/c1-8-4-10(8)7-15-18(16,17)11-2-3-12(13)9(5-11)6-14/h2-3,5,8,10,15H,4,7H2,1H3. The lowest BCUT2D eigenvalue weighted by Gasteiger charge is -2.06. The van der Waals surface area contributed by atoms with Crippen molar-refractivity contribution in [2.24, 2.45) is 11.8 Å². The Labute approximate surface area is 105 Å². The zero-order valence-corrected chi connectivity index (χ0v) is 10.7. The van der Waals surface area contributed by atoms with Crippen molar-refractivity contribution in [1.82, 2.24) is 4.72 Å². The molecule has 0 bridgehead atoms. The number of benzene rings is 1. The van der Waals surface area contributed by atoms with Crippen LogP contribution in [-0.2, 0) is 10.0 Å². The lowest BCUT2D eigenvalue weighted by Crippen LogP contribution is -2.26. The van der Waals surface area contributed by atoms with Crippen LogP contribution >= 0.6 is 0 Å². The normalized spacial score (nSPS) is 22.5. The third-order valence-electron chi connectivity index (χ3n) is 3.18. The summed E-state index contributed by atoms with van der Waals surface area (Å²) in [5.41, 5.74) is -0.266. The van der Waals surface area contributed by atoms with Crippen LogP contribution < -0.4 is 4.72 Å². The molecule has 6 heteroatoms. The second kappa shape index (κ2) is 4.67. The molecule has 0 amide bonds. The summed E-state index contributed by atoms with van der Waals surface area (Å²) in [6, 6.07) is 4.83. The molecule has 2 unspecified atom stereocenters. The quantitative estimate of drug-likeness (QED) is 0.902. The predicted octanol–water partition coefficient (Wildman–Crippen LogP) is 1.63. The third kappa shape index (κ3) is 2.68. The number of sulfonamides is 1. The van der Waals surface area contributed by atoms with Crippen LogP contribution in [0.25, 0.3) is 0 Å². The van der Waals surface area contributed by atoms with Crippen molar-refractivity contribution in [3.05, 3.63) is 29.6 Å². The maximum Gasteiger partial charge on any atom is 0.240 e. The average molecular weight is 268 g/mol. The number of nitrogens with one attached hydrogen (secondary N) is 1. The van der Waals surface area contributed by atoms with E-state index in [4.69, 9.17) is 5.26 Å². The molecule has 1 saturated carbocycles. The molecule has 1 aromatic carbocycles. The van der Waals surface area contributed by atoms with E-state index in [1.54, 1.807) is 6.07 Å². The summed E-state index contributed by atoms with van der Waals surface area (Å²) >= 11 is 0. The summed E-state index contributed by atoms with van der Waals surface area (Å²) in [6.07, 6.45) is 1.02. The van der Waals surface area contributed by atoms with Gasteiger partial charge in [-0.25, -0.2) is 17.5 Å². The Morgan fingerprint density at radius 1 is 1.56 bits per heavy atom. The molecular formula is C12H13FN2O2S. The highest BCUT2D eigenvalue weighted by atomic mass is 32.2. The second-order valence-electron chi connectivity index (χ2n) is 4.58. The van der Waals surface area contributed by atoms with Gasteiger partial charge in [-0.15, -0.1) is 0 Å². The summed E-state index contributed by atoms with van der Waals surface area (Å²) in [6.45, 7) is 2.45. The van der Waals surface area contributed by atoms with Gasteiger partial charge in [-0.2, -0.15) is 5.26 Å². The second-order valence-corrected chi connectivity index (χ2v) is 6.35. The molecule has 0 saturated heterocycles. The molecule has 1 aliphatic carbocycles. The summed E-state index contributed by atoms with van der Waals surface area (Å²) in [4.78, 5) is -0.0752. The molecular weight excluding hydrogens is 255 g/mol. The third-order valence-corrected chi connectivity index (χ3v) is 4.60. The van der Waals surface area contributed by atoms with Crippen molar-refractivity contribution >= 4 is 10.0 Å². The highest BCUT2D eigenvalue weighted by Crippen LogP contribution is 2.37. The molecule has 1 aromatic rings. The van der Waals surface area contributed by atoms with E-state index in [0.717, 1.165) is 24.6 Å². The number of nitriles is 1. The first-order valence-corrected chi connectivity index (χ1v) is 7.11. The predicted molar refractivity (Wildman–Crippen MR) is 63.6 cm³/mol. The van der Waals surface area contributed by atoms with Gasteiger partial charge in [0, 0.05) is 6.54 Å². The Kier molecular flexibility index (Phi) is 3.37. The van der Waals surface area contributed by atoms with Crippen molar-refractivity contribution in [1.29, 1.82) is 5.26 Å². The van der Waals surface area contributed by atoms with Crippen LogP contribution in [0.5, 0.6) is 0 Å². The van der Waals surface area contributed by atoms with Gasteiger partial charge < -0.3 is 0 Å². The van der Waals surface area contributed by atoms with E-state index in [-0.39, 0.29) is 10.5 Å². The van der Waals surface area contributed by atoms with E-state index in [0.29, 0.717) is 18.4 Å². The van der Waals surface area contributed by atoms with E-state index in [2.05, 4.69) is 11.6 Å². The maximum atomic E-state index is 13.1. The van der Waals surface area contributed by atoms with Crippen LogP contribution in [0.4, 0.5) is 4.39 Å². The van der Waals surface area contributed by atoms with Crippen molar-refractivity contribution in [3.63, 3.8) is 0 Å². The fourth-order valence-electron chi connectivity index (χ4n) is 1.74.